The lowest BCUT2D eigenvalue weighted by molar-refractivity contribution is 0.590. The van der Waals surface area contributed by atoms with Crippen LogP contribution >= 0.6 is 0 Å². The van der Waals surface area contributed by atoms with Crippen LogP contribution in [0.1, 0.15) is 76.3 Å². The lowest BCUT2D eigenvalue weighted by Crippen LogP contribution is -2.18. The van der Waals surface area contributed by atoms with Gasteiger partial charge in [0.15, 0.2) is 0 Å². The third kappa shape index (κ3) is 5.43. The molecule has 0 heterocycles. The summed E-state index contributed by atoms with van der Waals surface area (Å²) in [6.45, 7) is 16.4. The van der Waals surface area contributed by atoms with E-state index in [0.29, 0.717) is 0 Å². The minimum absolute atomic E-state index is 0.0147. The van der Waals surface area contributed by atoms with E-state index in [-0.39, 0.29) is 16.2 Å². The molecule has 2 aliphatic carbocycles. The molecular formula is C56H49N. The molecule has 0 aromatic heterocycles. The topological polar surface area (TPSA) is 3.24 Å². The van der Waals surface area contributed by atoms with Crippen LogP contribution in [0.15, 0.2) is 170 Å². The molecule has 0 fully saturated rings. The van der Waals surface area contributed by atoms with Gasteiger partial charge in [-0.05, 0) is 114 Å². The average Bonchev–Trinajstić information content (AvgIpc) is 3.60. The van der Waals surface area contributed by atoms with Gasteiger partial charge in [0.05, 0.1) is 11.4 Å². The highest BCUT2D eigenvalue weighted by atomic mass is 15.1. The molecule has 0 amide bonds. The van der Waals surface area contributed by atoms with Gasteiger partial charge in [0.25, 0.3) is 0 Å². The van der Waals surface area contributed by atoms with E-state index < -0.39 is 0 Å². The predicted octanol–water partition coefficient (Wildman–Crippen LogP) is 15.6. The van der Waals surface area contributed by atoms with E-state index in [4.69, 9.17) is 0 Å². The Hall–Kier alpha value is -6.18. The van der Waals surface area contributed by atoms with Crippen LogP contribution in [0.5, 0.6) is 0 Å². The SMILES string of the molecule is CC(C)(C)c1ccc(N(c2ccc3c(c2)C(C)(C)c2ccccc2-3)c2ccc3ccccc3c2-c2ccc3c(c2)C(C)(C)c2ccccc2-3)c(-c2ccccc2)c1. The number of benzene rings is 8. The van der Waals surface area contributed by atoms with Gasteiger partial charge in [0.1, 0.15) is 0 Å². The standard InChI is InChI=1S/C56H49N/c1-54(2,3)39-27-32-51(46(34-39)36-17-9-8-10-18-36)57(40-28-30-45-43-22-14-16-24-48(43)56(6,7)50(45)35-40)52-31-26-37-19-11-12-20-41(37)53(52)38-25-29-44-42-21-13-15-23-47(42)55(4,5)49(44)33-38/h8-35H,1-7H3. The molecule has 8 aromatic carbocycles. The molecule has 8 aromatic rings. The zero-order chi connectivity index (χ0) is 39.3. The summed E-state index contributed by atoms with van der Waals surface area (Å²) >= 11 is 0. The van der Waals surface area contributed by atoms with Crippen molar-refractivity contribution in [2.45, 2.75) is 64.7 Å². The summed E-state index contributed by atoms with van der Waals surface area (Å²) in [6, 6.07) is 64.0. The van der Waals surface area contributed by atoms with E-state index in [9.17, 15) is 0 Å². The van der Waals surface area contributed by atoms with Crippen molar-refractivity contribution in [3.63, 3.8) is 0 Å². The van der Waals surface area contributed by atoms with Crippen LogP contribution < -0.4 is 4.90 Å². The zero-order valence-electron chi connectivity index (χ0n) is 34.1. The first kappa shape index (κ1) is 35.2. The average molecular weight is 736 g/mol. The second kappa shape index (κ2) is 12.7. The highest BCUT2D eigenvalue weighted by Crippen LogP contribution is 2.55. The van der Waals surface area contributed by atoms with Crippen LogP contribution in [0, 0.1) is 0 Å². The van der Waals surface area contributed by atoms with E-state index in [1.807, 2.05) is 0 Å². The molecule has 0 spiro atoms. The molecule has 0 unspecified atom stereocenters. The Balaban J connectivity index is 1.28. The fourth-order valence-electron chi connectivity index (χ4n) is 9.90. The first-order valence-electron chi connectivity index (χ1n) is 20.4. The molecule has 0 saturated carbocycles. The Labute approximate surface area is 338 Å². The Morgan fingerprint density at radius 1 is 0.404 bits per heavy atom. The highest BCUT2D eigenvalue weighted by molar-refractivity contribution is 6.07. The second-order valence-electron chi connectivity index (χ2n) is 18.2. The summed E-state index contributed by atoms with van der Waals surface area (Å²) in [4.78, 5) is 2.56. The fourth-order valence-corrected chi connectivity index (χ4v) is 9.90. The molecule has 1 nitrogen and oxygen atoms in total. The Morgan fingerprint density at radius 2 is 0.965 bits per heavy atom. The monoisotopic (exact) mass is 735 g/mol. The van der Waals surface area contributed by atoms with Crippen LogP contribution in [0.2, 0.25) is 0 Å². The van der Waals surface area contributed by atoms with Crippen LogP contribution in [-0.2, 0) is 16.2 Å². The summed E-state index contributed by atoms with van der Waals surface area (Å²) in [5.74, 6) is 0. The lowest BCUT2D eigenvalue weighted by atomic mass is 9.81. The summed E-state index contributed by atoms with van der Waals surface area (Å²) in [7, 11) is 0. The smallest absolute Gasteiger partial charge is 0.0546 e. The Kier molecular flexibility index (Phi) is 7.83. The van der Waals surface area contributed by atoms with E-state index in [1.54, 1.807) is 0 Å². The molecule has 0 aliphatic heterocycles. The number of hydrogen-bond donors (Lipinski definition) is 0. The van der Waals surface area contributed by atoms with E-state index in [0.717, 1.165) is 17.1 Å². The number of fused-ring (bicyclic) bond motifs is 7. The lowest BCUT2D eigenvalue weighted by Gasteiger charge is -2.33. The summed E-state index contributed by atoms with van der Waals surface area (Å²) < 4.78 is 0. The molecule has 1 heteroatoms. The summed E-state index contributed by atoms with van der Waals surface area (Å²) in [5.41, 5.74) is 20.3. The fraction of sp³-hybridized carbons (Fsp3) is 0.179. The van der Waals surface area contributed by atoms with E-state index >= 15 is 0 Å². The molecule has 10 rings (SSSR count). The van der Waals surface area contributed by atoms with Crippen molar-refractivity contribution in [3.05, 3.63) is 198 Å². The van der Waals surface area contributed by atoms with Gasteiger partial charge < -0.3 is 4.90 Å². The van der Waals surface area contributed by atoms with Crippen LogP contribution in [0.25, 0.3) is 55.3 Å². The molecule has 278 valence electrons. The maximum Gasteiger partial charge on any atom is 0.0546 e. The quantitative estimate of drug-likeness (QED) is 0.170. The first-order valence-corrected chi connectivity index (χ1v) is 20.4. The van der Waals surface area contributed by atoms with Crippen LogP contribution in [-0.4, -0.2) is 0 Å². The predicted molar refractivity (Wildman–Crippen MR) is 243 cm³/mol. The Bertz CT molecular complexity index is 2880. The van der Waals surface area contributed by atoms with Gasteiger partial charge in [-0.2, -0.15) is 0 Å². The maximum absolute atomic E-state index is 2.56. The molecule has 0 saturated heterocycles. The molecule has 0 radical (unpaired) electrons. The van der Waals surface area contributed by atoms with Crippen molar-refractivity contribution >= 4 is 27.8 Å². The molecule has 0 N–H and O–H groups in total. The molecular weight excluding hydrogens is 687 g/mol. The maximum atomic E-state index is 2.56. The molecule has 0 atom stereocenters. The first-order chi connectivity index (χ1) is 27.4. The van der Waals surface area contributed by atoms with E-state index in [2.05, 4.69) is 223 Å². The third-order valence-electron chi connectivity index (χ3n) is 13.0. The molecule has 57 heavy (non-hydrogen) atoms. The van der Waals surface area contributed by atoms with Crippen molar-refractivity contribution in [1.29, 1.82) is 0 Å². The third-order valence-corrected chi connectivity index (χ3v) is 13.0. The minimum Gasteiger partial charge on any atom is -0.309 e. The zero-order valence-corrected chi connectivity index (χ0v) is 34.1. The number of nitrogens with zero attached hydrogens (tertiary/aromatic N) is 1. The van der Waals surface area contributed by atoms with Crippen LogP contribution in [0.3, 0.4) is 0 Å². The number of rotatable bonds is 5. The van der Waals surface area contributed by atoms with Crippen LogP contribution in [0.4, 0.5) is 17.1 Å². The van der Waals surface area contributed by atoms with Gasteiger partial charge in [-0.1, -0.05) is 182 Å². The van der Waals surface area contributed by atoms with Crippen molar-refractivity contribution in [2.75, 3.05) is 4.90 Å². The van der Waals surface area contributed by atoms with Crippen molar-refractivity contribution in [3.8, 4) is 44.5 Å². The largest absolute Gasteiger partial charge is 0.309 e. The van der Waals surface area contributed by atoms with Gasteiger partial charge in [0, 0.05) is 27.6 Å². The second-order valence-corrected chi connectivity index (χ2v) is 18.2. The molecule has 2 aliphatic rings. The minimum atomic E-state index is -0.140. The van der Waals surface area contributed by atoms with Crippen molar-refractivity contribution in [1.82, 2.24) is 0 Å². The summed E-state index contributed by atoms with van der Waals surface area (Å²) in [6.07, 6.45) is 0. The summed E-state index contributed by atoms with van der Waals surface area (Å²) in [5, 5.41) is 2.48. The van der Waals surface area contributed by atoms with Gasteiger partial charge >= 0.3 is 0 Å². The van der Waals surface area contributed by atoms with Crippen molar-refractivity contribution in [2.24, 2.45) is 0 Å². The van der Waals surface area contributed by atoms with E-state index in [1.165, 1.54) is 83.1 Å². The van der Waals surface area contributed by atoms with Gasteiger partial charge in [-0.25, -0.2) is 0 Å². The highest BCUT2D eigenvalue weighted by Gasteiger charge is 2.38. The number of hydrogen-bond acceptors (Lipinski definition) is 1. The van der Waals surface area contributed by atoms with Gasteiger partial charge in [-0.15, -0.1) is 0 Å². The number of anilines is 3. The normalized spacial score (nSPS) is 14.5. The molecule has 0 bridgehead atoms. The van der Waals surface area contributed by atoms with Gasteiger partial charge in [-0.3, -0.25) is 0 Å². The van der Waals surface area contributed by atoms with Gasteiger partial charge in [0.2, 0.25) is 0 Å². The van der Waals surface area contributed by atoms with Crippen molar-refractivity contribution < 1.29 is 0 Å². The Morgan fingerprint density at radius 3 is 1.65 bits per heavy atom.